The molecule has 0 radical (unpaired) electrons. The van der Waals surface area contributed by atoms with Gasteiger partial charge in [-0.1, -0.05) is 11.6 Å². The molecule has 2 N–H and O–H groups in total. The number of urea groups is 1. The van der Waals surface area contributed by atoms with E-state index in [0.29, 0.717) is 28.9 Å². The number of hydrogen-bond donors (Lipinski definition) is 2. The molecule has 0 aliphatic carbocycles. The van der Waals surface area contributed by atoms with Crippen LogP contribution in [0, 0.1) is 18.3 Å². The lowest BCUT2D eigenvalue weighted by atomic mass is 10.1. The van der Waals surface area contributed by atoms with E-state index in [1.807, 2.05) is 10.8 Å². The third-order valence-corrected chi connectivity index (χ3v) is 7.42. The number of amides is 2. The number of rotatable bonds is 6. The van der Waals surface area contributed by atoms with Crippen molar-refractivity contribution in [3.05, 3.63) is 39.4 Å². The highest BCUT2D eigenvalue weighted by Gasteiger charge is 2.32. The summed E-state index contributed by atoms with van der Waals surface area (Å²) in [5.74, 6) is -0.170. The van der Waals surface area contributed by atoms with Crippen molar-refractivity contribution >= 4 is 50.8 Å². The van der Waals surface area contributed by atoms with Crippen LogP contribution < -0.4 is 14.9 Å². The zero-order chi connectivity index (χ0) is 22.8. The molecule has 2 aromatic rings. The van der Waals surface area contributed by atoms with Crippen LogP contribution in [0.5, 0.6) is 0 Å². The van der Waals surface area contributed by atoms with Crippen molar-refractivity contribution in [2.45, 2.75) is 24.1 Å². The maximum absolute atomic E-state index is 12.2. The van der Waals surface area contributed by atoms with Gasteiger partial charge in [0.2, 0.25) is 0 Å². The summed E-state index contributed by atoms with van der Waals surface area (Å²) in [5.41, 5.74) is 0.839. The Kier molecular flexibility index (Phi) is 6.68. The first-order chi connectivity index (χ1) is 14.6. The Morgan fingerprint density at radius 3 is 2.71 bits per heavy atom. The molecule has 1 aliphatic rings. The first-order valence-electron chi connectivity index (χ1n) is 9.07. The number of carbonyl (C=O) groups excluding carboxylic acids is 2. The number of thiophene rings is 1. The van der Waals surface area contributed by atoms with Gasteiger partial charge in [-0.05, 0) is 32.0 Å². The zero-order valence-corrected chi connectivity index (χ0v) is 18.9. The second-order valence-corrected chi connectivity index (χ2v) is 10.2. The molecule has 1 fully saturated rings. The quantitative estimate of drug-likeness (QED) is 0.594. The number of hydrogen-bond acceptors (Lipinski definition) is 9. The fourth-order valence-corrected chi connectivity index (χ4v) is 5.30. The predicted octanol–water partition coefficient (Wildman–Crippen LogP) is 2.03. The van der Waals surface area contributed by atoms with Crippen LogP contribution in [0.4, 0.5) is 10.6 Å². The number of nitrogens with zero attached hydrogens (tertiary/aromatic N) is 3. The van der Waals surface area contributed by atoms with Crippen molar-refractivity contribution in [3.63, 3.8) is 0 Å². The Balaban J connectivity index is 1.62. The maximum Gasteiger partial charge on any atom is 0.340 e. The molecule has 1 saturated heterocycles. The van der Waals surface area contributed by atoms with Gasteiger partial charge < -0.3 is 15.0 Å². The first-order valence-corrected chi connectivity index (χ1v) is 11.7. The summed E-state index contributed by atoms with van der Waals surface area (Å²) in [6, 6.07) is 4.98. The van der Waals surface area contributed by atoms with Gasteiger partial charge in [0.15, 0.2) is 0 Å². The molecule has 13 heteroatoms. The van der Waals surface area contributed by atoms with Crippen LogP contribution in [-0.4, -0.2) is 51.1 Å². The minimum atomic E-state index is -4.01. The van der Waals surface area contributed by atoms with Crippen LogP contribution >= 0.6 is 22.9 Å². The maximum atomic E-state index is 12.2. The van der Waals surface area contributed by atoms with Crippen LogP contribution in [0.2, 0.25) is 4.34 Å². The van der Waals surface area contributed by atoms with E-state index in [9.17, 15) is 23.3 Å². The molecule has 3 rings (SSSR count). The van der Waals surface area contributed by atoms with Gasteiger partial charge in [-0.15, -0.1) is 11.3 Å². The monoisotopic (exact) mass is 483 g/mol. The average Bonchev–Trinajstić information content (AvgIpc) is 3.11. The van der Waals surface area contributed by atoms with Crippen molar-refractivity contribution in [1.29, 1.82) is 5.26 Å². The van der Waals surface area contributed by atoms with Gasteiger partial charge in [0.1, 0.15) is 16.1 Å². The molecule has 0 aromatic carbocycles. The molecule has 0 unspecified atom stereocenters. The highest BCUT2D eigenvalue weighted by atomic mass is 35.5. The largest absolute Gasteiger partial charge is 0.462 e. The number of aromatic nitrogens is 1. The van der Waals surface area contributed by atoms with E-state index in [2.05, 4.69) is 10.3 Å². The van der Waals surface area contributed by atoms with Gasteiger partial charge in [0.25, 0.3) is 10.0 Å². The van der Waals surface area contributed by atoms with Gasteiger partial charge in [-0.2, -0.15) is 5.26 Å². The van der Waals surface area contributed by atoms with Gasteiger partial charge in [-0.3, -0.25) is 0 Å². The summed E-state index contributed by atoms with van der Waals surface area (Å²) in [6.45, 7) is 4.17. The summed E-state index contributed by atoms with van der Waals surface area (Å²) in [7, 11) is -4.01. The molecule has 164 valence electrons. The normalized spacial score (nSPS) is 13.8. The number of anilines is 1. The number of aryl methyl sites for hydroxylation is 1. The van der Waals surface area contributed by atoms with E-state index in [4.69, 9.17) is 16.3 Å². The number of nitrogens with one attached hydrogen (secondary N) is 2. The second-order valence-electron chi connectivity index (χ2n) is 6.56. The molecular formula is C18H18ClN5O5S2. The average molecular weight is 484 g/mol. The smallest absolute Gasteiger partial charge is 0.340 e. The number of nitriles is 1. The SMILES string of the molecule is CCOC(=O)c1cc(C#N)c(N2CC(NC(=O)NS(=O)(=O)c3ccc(Cl)s3)C2)nc1C. The van der Waals surface area contributed by atoms with Crippen molar-refractivity contribution < 1.29 is 22.7 Å². The van der Waals surface area contributed by atoms with Crippen LogP contribution in [0.25, 0.3) is 0 Å². The Bertz CT molecular complexity index is 1170. The first kappa shape index (κ1) is 22.8. The van der Waals surface area contributed by atoms with Crippen LogP contribution in [0.15, 0.2) is 22.4 Å². The van der Waals surface area contributed by atoms with Gasteiger partial charge in [0.05, 0.1) is 33.8 Å². The van der Waals surface area contributed by atoms with Crippen molar-refractivity contribution in [2.75, 3.05) is 24.6 Å². The Morgan fingerprint density at radius 2 is 2.13 bits per heavy atom. The number of halogens is 1. The standard InChI is InChI=1S/C18H18ClN5O5S2/c1-3-29-17(25)13-6-11(7-20)16(21-10(13)2)24-8-12(9-24)22-18(26)23-31(27,28)15-5-4-14(19)30-15/h4-6,12H,3,8-9H2,1-2H3,(H2,22,23,26). The molecule has 2 aromatic heterocycles. The number of sulfonamides is 1. The number of carbonyl (C=O) groups is 2. The topological polar surface area (TPSA) is 141 Å². The van der Waals surface area contributed by atoms with Crippen molar-refractivity contribution in [1.82, 2.24) is 15.0 Å². The highest BCUT2D eigenvalue weighted by Crippen LogP contribution is 2.26. The fraction of sp³-hybridized carbons (Fsp3) is 0.333. The summed E-state index contributed by atoms with van der Waals surface area (Å²) in [5, 5.41) is 12.0. The fourth-order valence-electron chi connectivity index (χ4n) is 2.90. The number of ether oxygens (including phenoxy) is 1. The van der Waals surface area contributed by atoms with E-state index < -0.39 is 22.0 Å². The number of esters is 1. The van der Waals surface area contributed by atoms with Gasteiger partial charge >= 0.3 is 12.0 Å². The molecule has 0 spiro atoms. The minimum Gasteiger partial charge on any atom is -0.462 e. The molecule has 2 amide bonds. The summed E-state index contributed by atoms with van der Waals surface area (Å²) >= 11 is 6.58. The lowest BCUT2D eigenvalue weighted by Crippen LogP contribution is -2.61. The lowest BCUT2D eigenvalue weighted by Gasteiger charge is -2.40. The molecular weight excluding hydrogens is 466 g/mol. The summed E-state index contributed by atoms with van der Waals surface area (Å²) < 4.78 is 31.5. The van der Waals surface area contributed by atoms with Crippen molar-refractivity contribution in [3.8, 4) is 6.07 Å². The Morgan fingerprint density at radius 1 is 1.42 bits per heavy atom. The molecule has 10 nitrogen and oxygen atoms in total. The van der Waals surface area contributed by atoms with E-state index >= 15 is 0 Å². The van der Waals surface area contributed by atoms with Crippen LogP contribution in [-0.2, 0) is 14.8 Å². The highest BCUT2D eigenvalue weighted by molar-refractivity contribution is 7.92. The van der Waals surface area contributed by atoms with Gasteiger partial charge in [0, 0.05) is 13.1 Å². The van der Waals surface area contributed by atoms with E-state index in [1.165, 1.54) is 18.2 Å². The van der Waals surface area contributed by atoms with Crippen molar-refractivity contribution in [2.24, 2.45) is 0 Å². The van der Waals surface area contributed by atoms with E-state index in [1.54, 1.807) is 18.7 Å². The van der Waals surface area contributed by atoms with Crippen LogP contribution in [0.1, 0.15) is 28.5 Å². The molecule has 0 atom stereocenters. The van der Waals surface area contributed by atoms with E-state index in [-0.39, 0.29) is 28.0 Å². The molecule has 1 aliphatic heterocycles. The lowest BCUT2D eigenvalue weighted by molar-refractivity contribution is 0.0525. The second kappa shape index (κ2) is 9.09. The number of pyridine rings is 1. The molecule has 3 heterocycles. The molecule has 31 heavy (non-hydrogen) atoms. The predicted molar refractivity (Wildman–Crippen MR) is 114 cm³/mol. The molecule has 0 saturated carbocycles. The zero-order valence-electron chi connectivity index (χ0n) is 16.5. The third kappa shape index (κ3) is 5.07. The van der Waals surface area contributed by atoms with Crippen LogP contribution in [0.3, 0.4) is 0 Å². The summed E-state index contributed by atoms with van der Waals surface area (Å²) in [6.07, 6.45) is 0. The summed E-state index contributed by atoms with van der Waals surface area (Å²) in [4.78, 5) is 30.2. The minimum absolute atomic E-state index is 0.0667. The Labute approximate surface area is 187 Å². The third-order valence-electron chi connectivity index (χ3n) is 4.37. The Hall–Kier alpha value is -2.88. The van der Waals surface area contributed by atoms with Gasteiger partial charge in [-0.25, -0.2) is 27.7 Å². The van der Waals surface area contributed by atoms with E-state index in [0.717, 1.165) is 11.3 Å². The molecule has 0 bridgehead atoms.